The highest BCUT2D eigenvalue weighted by Gasteiger charge is 2.31. The maximum absolute atomic E-state index is 12.8. The number of anilines is 1. The zero-order valence-corrected chi connectivity index (χ0v) is 21.0. The zero-order chi connectivity index (χ0) is 27.0. The summed E-state index contributed by atoms with van der Waals surface area (Å²) < 4.78 is 66.7. The predicted molar refractivity (Wildman–Crippen MR) is 130 cm³/mol. The third-order valence-corrected chi connectivity index (χ3v) is 7.76. The number of pyridine rings is 2. The largest absolute Gasteiger partial charge is 0.417 e. The Morgan fingerprint density at radius 1 is 1.08 bits per heavy atom. The summed E-state index contributed by atoms with van der Waals surface area (Å²) in [5.41, 5.74) is 1.76. The van der Waals surface area contributed by atoms with Gasteiger partial charge >= 0.3 is 6.18 Å². The van der Waals surface area contributed by atoms with Crippen molar-refractivity contribution in [3.8, 4) is 5.82 Å². The molecular weight excluding hydrogens is 511 g/mol. The molecule has 3 aromatic heterocycles. The normalized spacial score (nSPS) is 15.1. The monoisotopic (exact) mass is 535 g/mol. The Morgan fingerprint density at radius 3 is 2.38 bits per heavy atom. The first-order valence-corrected chi connectivity index (χ1v) is 12.5. The van der Waals surface area contributed by atoms with Crippen LogP contribution in [-0.4, -0.2) is 69.9 Å². The first kappa shape index (κ1) is 26.4. The van der Waals surface area contributed by atoms with Gasteiger partial charge in [-0.2, -0.15) is 35.3 Å². The number of halogens is 3. The average molecular weight is 536 g/mol. The highest BCUT2D eigenvalue weighted by molar-refractivity contribution is 7.86. The molecule has 14 heteroatoms. The fourth-order valence-electron chi connectivity index (χ4n) is 3.72. The molecule has 3 aromatic rings. The lowest BCUT2D eigenvalue weighted by atomic mass is 10.1. The standard InChI is InChI=1S/C23H24F3N7O3S/c1-15-19(14-29-33(15)21-7-4-17(12-28-21)23(24,25)26)22(34)30-18-5-6-20(27-13-18)16-8-10-32(11-9-16)37(35,36)31(2)3/h4-8,12-14H,9-11H2,1-3H3,(H,30,34). The van der Waals surface area contributed by atoms with Crippen LogP contribution in [0.5, 0.6) is 0 Å². The highest BCUT2D eigenvalue weighted by Crippen LogP contribution is 2.29. The number of rotatable bonds is 6. The van der Waals surface area contributed by atoms with E-state index in [1.165, 1.54) is 45.8 Å². The number of aromatic nitrogens is 4. The molecule has 0 aromatic carbocycles. The summed E-state index contributed by atoms with van der Waals surface area (Å²) in [6.07, 6.45) is 1.34. The number of hydrogen-bond donors (Lipinski definition) is 1. The smallest absolute Gasteiger partial charge is 0.320 e. The van der Waals surface area contributed by atoms with E-state index in [4.69, 9.17) is 0 Å². The molecule has 0 radical (unpaired) electrons. The summed E-state index contributed by atoms with van der Waals surface area (Å²) in [5.74, 6) is -0.320. The van der Waals surface area contributed by atoms with Crippen LogP contribution < -0.4 is 5.32 Å². The molecule has 0 atom stereocenters. The van der Waals surface area contributed by atoms with Crippen LogP contribution in [0.3, 0.4) is 0 Å². The second kappa shape index (κ2) is 10.0. The van der Waals surface area contributed by atoms with Gasteiger partial charge < -0.3 is 5.32 Å². The minimum Gasteiger partial charge on any atom is -0.320 e. The second-order valence-electron chi connectivity index (χ2n) is 8.47. The minimum atomic E-state index is -4.50. The molecule has 1 aliphatic heterocycles. The van der Waals surface area contributed by atoms with Crippen LogP contribution in [0.2, 0.25) is 0 Å². The van der Waals surface area contributed by atoms with Gasteiger partial charge in [-0.25, -0.2) is 9.67 Å². The van der Waals surface area contributed by atoms with E-state index in [1.807, 2.05) is 6.08 Å². The van der Waals surface area contributed by atoms with E-state index >= 15 is 0 Å². The molecule has 1 aliphatic rings. The van der Waals surface area contributed by atoms with Crippen molar-refractivity contribution >= 4 is 27.4 Å². The van der Waals surface area contributed by atoms with Crippen LogP contribution in [0.4, 0.5) is 18.9 Å². The molecule has 4 rings (SSSR count). The third-order valence-electron chi connectivity index (χ3n) is 5.86. The second-order valence-corrected chi connectivity index (χ2v) is 10.6. The van der Waals surface area contributed by atoms with Gasteiger partial charge in [0.2, 0.25) is 0 Å². The van der Waals surface area contributed by atoms with E-state index in [9.17, 15) is 26.4 Å². The number of alkyl halides is 3. The molecule has 0 fully saturated rings. The first-order valence-electron chi connectivity index (χ1n) is 11.1. The van der Waals surface area contributed by atoms with Gasteiger partial charge in [-0.1, -0.05) is 6.08 Å². The third kappa shape index (κ3) is 5.55. The van der Waals surface area contributed by atoms with Gasteiger partial charge in [0, 0.05) is 33.4 Å². The van der Waals surface area contributed by atoms with Crippen molar-refractivity contribution < 1.29 is 26.4 Å². The van der Waals surface area contributed by atoms with Crippen LogP contribution in [-0.2, 0) is 16.4 Å². The van der Waals surface area contributed by atoms with E-state index in [-0.39, 0.29) is 17.9 Å². The molecule has 196 valence electrons. The Balaban J connectivity index is 1.43. The lowest BCUT2D eigenvalue weighted by Crippen LogP contribution is -2.42. The summed E-state index contributed by atoms with van der Waals surface area (Å²) in [6, 6.07) is 5.50. The van der Waals surface area contributed by atoms with Crippen molar-refractivity contribution in [1.29, 1.82) is 0 Å². The molecule has 4 heterocycles. The van der Waals surface area contributed by atoms with Crippen LogP contribution in [0.1, 0.15) is 33.7 Å². The molecular formula is C23H24F3N7O3S. The lowest BCUT2D eigenvalue weighted by Gasteiger charge is -2.28. The van der Waals surface area contributed by atoms with Gasteiger partial charge in [-0.15, -0.1) is 0 Å². The van der Waals surface area contributed by atoms with Crippen LogP contribution >= 0.6 is 0 Å². The molecule has 0 saturated carbocycles. The van der Waals surface area contributed by atoms with Gasteiger partial charge in [-0.3, -0.25) is 9.78 Å². The van der Waals surface area contributed by atoms with Gasteiger partial charge in [0.1, 0.15) is 0 Å². The summed E-state index contributed by atoms with van der Waals surface area (Å²) in [6.45, 7) is 2.19. The Kier molecular flexibility index (Phi) is 7.17. The number of nitrogens with zero attached hydrogens (tertiary/aromatic N) is 6. The fourth-order valence-corrected chi connectivity index (χ4v) is 4.77. The quantitative estimate of drug-likeness (QED) is 0.519. The number of carbonyl (C=O) groups is 1. The molecule has 10 nitrogen and oxygen atoms in total. The van der Waals surface area contributed by atoms with Gasteiger partial charge in [-0.05, 0) is 43.2 Å². The Bertz CT molecular complexity index is 1430. The number of nitrogens with one attached hydrogen (secondary N) is 1. The van der Waals surface area contributed by atoms with E-state index in [0.29, 0.717) is 36.2 Å². The molecule has 0 unspecified atom stereocenters. The summed E-state index contributed by atoms with van der Waals surface area (Å²) >= 11 is 0. The number of carbonyl (C=O) groups excluding carboxylic acids is 1. The highest BCUT2D eigenvalue weighted by atomic mass is 32.2. The minimum absolute atomic E-state index is 0.147. The predicted octanol–water partition coefficient (Wildman–Crippen LogP) is 3.14. The molecule has 0 bridgehead atoms. The topological polar surface area (TPSA) is 113 Å². The van der Waals surface area contributed by atoms with Crippen molar-refractivity contribution in [3.05, 3.63) is 71.4 Å². The van der Waals surface area contributed by atoms with Crippen molar-refractivity contribution in [2.45, 2.75) is 19.5 Å². The zero-order valence-electron chi connectivity index (χ0n) is 20.2. The maximum atomic E-state index is 12.8. The number of amides is 1. The SMILES string of the molecule is Cc1c(C(=O)Nc2ccc(C3=CCN(S(=O)(=O)N(C)C)CC3)nc2)cnn1-c1ccc(C(F)(F)F)cn1. The first-order chi connectivity index (χ1) is 17.4. The Hall–Kier alpha value is -3.62. The van der Waals surface area contributed by atoms with E-state index in [0.717, 1.165) is 11.6 Å². The maximum Gasteiger partial charge on any atom is 0.417 e. The van der Waals surface area contributed by atoms with Gasteiger partial charge in [0.15, 0.2) is 5.82 Å². The van der Waals surface area contributed by atoms with E-state index in [1.54, 1.807) is 19.1 Å². The van der Waals surface area contributed by atoms with Crippen LogP contribution in [0, 0.1) is 6.92 Å². The van der Waals surface area contributed by atoms with E-state index in [2.05, 4.69) is 20.4 Å². The van der Waals surface area contributed by atoms with Gasteiger partial charge in [0.25, 0.3) is 16.1 Å². The van der Waals surface area contributed by atoms with Crippen molar-refractivity contribution in [2.24, 2.45) is 0 Å². The molecule has 0 spiro atoms. The lowest BCUT2D eigenvalue weighted by molar-refractivity contribution is -0.137. The summed E-state index contributed by atoms with van der Waals surface area (Å²) in [4.78, 5) is 21.0. The van der Waals surface area contributed by atoms with Crippen molar-refractivity contribution in [3.63, 3.8) is 0 Å². The van der Waals surface area contributed by atoms with Crippen molar-refractivity contribution in [1.82, 2.24) is 28.4 Å². The Morgan fingerprint density at radius 2 is 1.84 bits per heavy atom. The fraction of sp³-hybridized carbons (Fsp3) is 0.304. The number of hydrogen-bond acceptors (Lipinski definition) is 6. The average Bonchev–Trinajstić information content (AvgIpc) is 3.25. The summed E-state index contributed by atoms with van der Waals surface area (Å²) in [5, 5.41) is 6.82. The molecule has 0 aliphatic carbocycles. The van der Waals surface area contributed by atoms with Gasteiger partial charge in [0.05, 0.1) is 40.6 Å². The Labute approximate surface area is 211 Å². The van der Waals surface area contributed by atoms with Crippen LogP contribution in [0.15, 0.2) is 48.9 Å². The molecule has 1 N–H and O–H groups in total. The molecule has 37 heavy (non-hydrogen) atoms. The summed E-state index contributed by atoms with van der Waals surface area (Å²) in [7, 11) is -0.507. The van der Waals surface area contributed by atoms with Crippen molar-refractivity contribution in [2.75, 3.05) is 32.5 Å². The molecule has 1 amide bonds. The molecule has 0 saturated heterocycles. The van der Waals surface area contributed by atoms with E-state index < -0.39 is 27.9 Å². The van der Waals surface area contributed by atoms with Crippen LogP contribution in [0.25, 0.3) is 11.4 Å².